The Kier molecular flexibility index (Phi) is 5.22. The van der Waals surface area contributed by atoms with Crippen molar-refractivity contribution in [2.24, 2.45) is 0 Å². The summed E-state index contributed by atoms with van der Waals surface area (Å²) in [5.74, 6) is -3.86. The molecule has 4 N–H and O–H groups in total. The number of piperidine rings is 1. The van der Waals surface area contributed by atoms with Gasteiger partial charge in [0, 0.05) is 13.5 Å². The van der Waals surface area contributed by atoms with Crippen molar-refractivity contribution in [3.05, 3.63) is 0 Å². The van der Waals surface area contributed by atoms with Gasteiger partial charge in [-0.05, 0) is 6.42 Å². The van der Waals surface area contributed by atoms with Crippen molar-refractivity contribution in [1.82, 2.24) is 15.5 Å². The number of carboxylic acids is 2. The van der Waals surface area contributed by atoms with Crippen molar-refractivity contribution < 1.29 is 34.2 Å². The lowest BCUT2D eigenvalue weighted by Gasteiger charge is -2.28. The predicted molar refractivity (Wildman–Crippen MR) is 66.1 cm³/mol. The molecule has 0 aliphatic carbocycles. The van der Waals surface area contributed by atoms with E-state index in [4.69, 9.17) is 10.2 Å². The molecule has 10 nitrogen and oxygen atoms in total. The van der Waals surface area contributed by atoms with E-state index >= 15 is 0 Å². The summed E-state index contributed by atoms with van der Waals surface area (Å²) in [7, 11) is 1.28. The van der Waals surface area contributed by atoms with Crippen LogP contribution in [-0.4, -0.2) is 64.0 Å². The van der Waals surface area contributed by atoms with Gasteiger partial charge in [-0.2, -0.15) is 0 Å². The van der Waals surface area contributed by atoms with E-state index in [-0.39, 0.29) is 18.7 Å². The van der Waals surface area contributed by atoms with Crippen LogP contribution in [0.25, 0.3) is 0 Å². The average Bonchev–Trinajstić information content (AvgIpc) is 2.38. The highest BCUT2D eigenvalue weighted by molar-refractivity contribution is 6.01. The zero-order chi connectivity index (χ0) is 16.2. The van der Waals surface area contributed by atoms with Gasteiger partial charge in [0.1, 0.15) is 12.1 Å². The van der Waals surface area contributed by atoms with Crippen LogP contribution in [0.2, 0.25) is 0 Å². The van der Waals surface area contributed by atoms with E-state index in [9.17, 15) is 24.0 Å². The molecular weight excluding hydrogens is 286 g/mol. The lowest BCUT2D eigenvalue weighted by atomic mass is 10.1. The highest BCUT2D eigenvalue weighted by atomic mass is 16.4. The van der Waals surface area contributed by atoms with Crippen molar-refractivity contribution in [3.8, 4) is 0 Å². The van der Waals surface area contributed by atoms with E-state index < -0.39 is 42.4 Å². The first-order chi connectivity index (χ1) is 9.72. The Morgan fingerprint density at radius 1 is 1.33 bits per heavy atom. The molecule has 1 saturated heterocycles. The number of hydrogen-bond acceptors (Lipinski definition) is 5. The molecule has 21 heavy (non-hydrogen) atoms. The second-order valence-corrected chi connectivity index (χ2v) is 4.49. The fraction of sp³-hybridized carbons (Fsp3) is 0.545. The molecule has 1 rings (SSSR count). The van der Waals surface area contributed by atoms with Crippen molar-refractivity contribution in [2.75, 3.05) is 7.05 Å². The van der Waals surface area contributed by atoms with Gasteiger partial charge < -0.3 is 20.8 Å². The van der Waals surface area contributed by atoms with Crippen LogP contribution >= 0.6 is 0 Å². The Morgan fingerprint density at radius 2 is 1.95 bits per heavy atom. The molecule has 0 spiro atoms. The molecule has 0 aromatic rings. The Balaban J connectivity index is 2.60. The number of imide groups is 1. The van der Waals surface area contributed by atoms with Gasteiger partial charge in [-0.3, -0.25) is 19.3 Å². The SMILES string of the molecule is CN1C(=O)CCC(NC(=O)NC(CC(=O)O)C(=O)O)C1=O. The number of likely N-dealkylation sites (N-methyl/N-ethyl adjacent to an activating group) is 1. The molecule has 10 heteroatoms. The maximum Gasteiger partial charge on any atom is 0.326 e. The number of aliphatic carboxylic acids is 2. The molecule has 2 atom stereocenters. The number of carbonyl (C=O) groups is 5. The number of amides is 4. The number of urea groups is 1. The lowest BCUT2D eigenvalue weighted by Crippen LogP contribution is -2.56. The van der Waals surface area contributed by atoms with Crippen LogP contribution in [0, 0.1) is 0 Å². The minimum Gasteiger partial charge on any atom is -0.481 e. The van der Waals surface area contributed by atoms with Gasteiger partial charge in [0.05, 0.1) is 6.42 Å². The van der Waals surface area contributed by atoms with Gasteiger partial charge in [-0.1, -0.05) is 0 Å². The number of carboxylic acid groups (broad SMARTS) is 2. The summed E-state index contributed by atoms with van der Waals surface area (Å²) < 4.78 is 0. The molecule has 1 heterocycles. The van der Waals surface area contributed by atoms with Crippen LogP contribution in [0.15, 0.2) is 0 Å². The topological polar surface area (TPSA) is 153 Å². The normalized spacial score (nSPS) is 19.9. The van der Waals surface area contributed by atoms with E-state index in [0.717, 1.165) is 4.90 Å². The third-order valence-corrected chi connectivity index (χ3v) is 2.94. The van der Waals surface area contributed by atoms with Crippen molar-refractivity contribution in [3.63, 3.8) is 0 Å². The molecule has 1 aliphatic rings. The summed E-state index contributed by atoms with van der Waals surface area (Å²) in [6, 6.07) is -3.54. The zero-order valence-corrected chi connectivity index (χ0v) is 11.2. The molecule has 116 valence electrons. The minimum absolute atomic E-state index is 0.0741. The predicted octanol–water partition coefficient (Wildman–Crippen LogP) is -1.64. The Bertz CT molecular complexity index is 490. The van der Waals surface area contributed by atoms with Crippen LogP contribution < -0.4 is 10.6 Å². The summed E-state index contributed by atoms with van der Waals surface area (Å²) in [6.45, 7) is 0. The van der Waals surface area contributed by atoms with Gasteiger partial charge in [0.2, 0.25) is 5.91 Å². The summed E-state index contributed by atoms with van der Waals surface area (Å²) in [5.41, 5.74) is 0. The molecular formula is C11H15N3O7. The van der Waals surface area contributed by atoms with Crippen LogP contribution in [0.3, 0.4) is 0 Å². The molecule has 0 aromatic carbocycles. The third-order valence-electron chi connectivity index (χ3n) is 2.94. The van der Waals surface area contributed by atoms with Crippen molar-refractivity contribution >= 4 is 29.8 Å². The third kappa shape index (κ3) is 4.44. The first-order valence-electron chi connectivity index (χ1n) is 6.04. The highest BCUT2D eigenvalue weighted by Gasteiger charge is 2.33. The first-order valence-corrected chi connectivity index (χ1v) is 6.04. The molecule has 0 saturated carbocycles. The van der Waals surface area contributed by atoms with Crippen LogP contribution in [-0.2, 0) is 19.2 Å². The summed E-state index contributed by atoms with van der Waals surface area (Å²) in [5, 5.41) is 21.5. The Labute approximate surface area is 119 Å². The van der Waals surface area contributed by atoms with Gasteiger partial charge in [-0.15, -0.1) is 0 Å². The number of nitrogens with one attached hydrogen (secondary N) is 2. The van der Waals surface area contributed by atoms with Crippen molar-refractivity contribution in [2.45, 2.75) is 31.3 Å². The van der Waals surface area contributed by atoms with Gasteiger partial charge in [0.15, 0.2) is 0 Å². The quantitative estimate of drug-likeness (QED) is 0.444. The average molecular weight is 301 g/mol. The van der Waals surface area contributed by atoms with E-state index in [1.54, 1.807) is 0 Å². The number of carbonyl (C=O) groups excluding carboxylic acids is 3. The smallest absolute Gasteiger partial charge is 0.326 e. The van der Waals surface area contributed by atoms with E-state index in [2.05, 4.69) is 5.32 Å². The second-order valence-electron chi connectivity index (χ2n) is 4.49. The number of nitrogens with zero attached hydrogens (tertiary/aromatic N) is 1. The van der Waals surface area contributed by atoms with Crippen LogP contribution in [0.1, 0.15) is 19.3 Å². The largest absolute Gasteiger partial charge is 0.481 e. The Hall–Kier alpha value is -2.65. The molecule has 2 unspecified atom stereocenters. The Morgan fingerprint density at radius 3 is 2.48 bits per heavy atom. The summed E-state index contributed by atoms with van der Waals surface area (Å²) >= 11 is 0. The van der Waals surface area contributed by atoms with E-state index in [1.165, 1.54) is 7.05 Å². The standard InChI is InChI=1S/C11H15N3O7/c1-14-7(15)3-2-5(9(14)18)12-11(21)13-6(10(19)20)4-8(16)17/h5-6H,2-4H2,1H3,(H,16,17)(H,19,20)(H2,12,13,21). The molecule has 0 bridgehead atoms. The molecule has 4 amide bonds. The summed E-state index contributed by atoms with van der Waals surface area (Å²) in [6.07, 6.45) is -0.615. The lowest BCUT2D eigenvalue weighted by molar-refractivity contribution is -0.148. The fourth-order valence-electron chi connectivity index (χ4n) is 1.78. The number of likely N-dealkylation sites (tertiary alicyclic amines) is 1. The molecule has 1 fully saturated rings. The maximum absolute atomic E-state index is 11.7. The van der Waals surface area contributed by atoms with E-state index in [1.807, 2.05) is 5.32 Å². The summed E-state index contributed by atoms with van der Waals surface area (Å²) in [4.78, 5) is 56.7. The molecule has 0 aromatic heterocycles. The minimum atomic E-state index is -1.61. The zero-order valence-electron chi connectivity index (χ0n) is 11.2. The molecule has 1 aliphatic heterocycles. The highest BCUT2D eigenvalue weighted by Crippen LogP contribution is 2.11. The van der Waals surface area contributed by atoms with Gasteiger partial charge in [0.25, 0.3) is 5.91 Å². The number of hydrogen-bond donors (Lipinski definition) is 4. The van der Waals surface area contributed by atoms with Crippen molar-refractivity contribution in [1.29, 1.82) is 0 Å². The monoisotopic (exact) mass is 301 g/mol. The van der Waals surface area contributed by atoms with Gasteiger partial charge in [-0.25, -0.2) is 9.59 Å². The van der Waals surface area contributed by atoms with Crippen LogP contribution in [0.5, 0.6) is 0 Å². The second kappa shape index (κ2) is 6.68. The molecule has 0 radical (unpaired) electrons. The van der Waals surface area contributed by atoms with E-state index in [0.29, 0.717) is 0 Å². The first kappa shape index (κ1) is 16.4. The van der Waals surface area contributed by atoms with Gasteiger partial charge >= 0.3 is 18.0 Å². The maximum atomic E-state index is 11.7. The van der Waals surface area contributed by atoms with Crippen LogP contribution in [0.4, 0.5) is 4.79 Å². The number of rotatable bonds is 5. The fourth-order valence-corrected chi connectivity index (χ4v) is 1.78.